The molecule has 0 spiro atoms. The van der Waals surface area contributed by atoms with Crippen LogP contribution in [0.5, 0.6) is 0 Å². The summed E-state index contributed by atoms with van der Waals surface area (Å²) >= 11 is 0. The van der Waals surface area contributed by atoms with Crippen molar-refractivity contribution in [1.82, 2.24) is 5.32 Å². The molecular weight excluding hydrogens is 263 g/mol. The molecule has 0 bridgehead atoms. The Morgan fingerprint density at radius 3 is 2.75 bits per heavy atom. The van der Waals surface area contributed by atoms with Gasteiger partial charge in [0, 0.05) is 12.2 Å². The third-order valence-corrected chi connectivity index (χ3v) is 2.61. The number of ether oxygens (including phenoxy) is 1. The lowest BCUT2D eigenvalue weighted by Crippen LogP contribution is -2.30. The van der Waals surface area contributed by atoms with E-state index in [0.29, 0.717) is 12.5 Å². The van der Waals surface area contributed by atoms with Crippen molar-refractivity contribution >= 4 is 17.6 Å². The van der Waals surface area contributed by atoms with Crippen LogP contribution in [0.4, 0.5) is 10.1 Å². The standard InChI is InChI=1S/C14H19FN2O3/c1-9(2)5-6-17-13(18)8-20-14(19)11-7-10(15)3-4-12(11)16/h3-4,7,9H,5-6,8,16H2,1-2H3,(H,17,18). The molecule has 3 N–H and O–H groups in total. The first-order valence-electron chi connectivity index (χ1n) is 6.39. The van der Waals surface area contributed by atoms with Gasteiger partial charge in [-0.05, 0) is 30.5 Å². The molecule has 0 aromatic heterocycles. The molecule has 1 aromatic rings. The third kappa shape index (κ3) is 5.26. The Kier molecular flexibility index (Phi) is 5.96. The van der Waals surface area contributed by atoms with Gasteiger partial charge >= 0.3 is 5.97 Å². The monoisotopic (exact) mass is 282 g/mol. The molecule has 110 valence electrons. The number of hydrogen-bond donors (Lipinski definition) is 2. The van der Waals surface area contributed by atoms with Crippen LogP contribution < -0.4 is 11.1 Å². The summed E-state index contributed by atoms with van der Waals surface area (Å²) in [5, 5.41) is 2.63. The summed E-state index contributed by atoms with van der Waals surface area (Å²) in [5.41, 5.74) is 5.57. The summed E-state index contributed by atoms with van der Waals surface area (Å²) in [6, 6.07) is 3.40. The first-order valence-corrected chi connectivity index (χ1v) is 6.39. The zero-order valence-corrected chi connectivity index (χ0v) is 11.6. The molecule has 1 amide bonds. The molecular formula is C14H19FN2O3. The number of benzene rings is 1. The molecule has 1 rings (SSSR count). The Balaban J connectivity index is 2.43. The second kappa shape index (κ2) is 7.47. The van der Waals surface area contributed by atoms with E-state index in [1.165, 1.54) is 6.07 Å². The largest absolute Gasteiger partial charge is 0.452 e. The van der Waals surface area contributed by atoms with E-state index < -0.39 is 24.3 Å². The number of amides is 1. The van der Waals surface area contributed by atoms with Crippen molar-refractivity contribution in [2.24, 2.45) is 5.92 Å². The van der Waals surface area contributed by atoms with Gasteiger partial charge in [-0.15, -0.1) is 0 Å². The molecule has 0 heterocycles. The van der Waals surface area contributed by atoms with E-state index in [9.17, 15) is 14.0 Å². The fourth-order valence-corrected chi connectivity index (χ4v) is 1.47. The number of carbonyl (C=O) groups is 2. The quantitative estimate of drug-likeness (QED) is 0.615. The van der Waals surface area contributed by atoms with Crippen LogP contribution in [0.1, 0.15) is 30.6 Å². The van der Waals surface area contributed by atoms with E-state index in [0.717, 1.165) is 18.6 Å². The Bertz CT molecular complexity index is 489. The highest BCUT2D eigenvalue weighted by Gasteiger charge is 2.14. The topological polar surface area (TPSA) is 81.4 Å². The van der Waals surface area contributed by atoms with Crippen molar-refractivity contribution in [2.75, 3.05) is 18.9 Å². The van der Waals surface area contributed by atoms with Crippen LogP contribution in [-0.2, 0) is 9.53 Å². The molecule has 0 saturated heterocycles. The van der Waals surface area contributed by atoms with Crippen molar-refractivity contribution in [1.29, 1.82) is 0 Å². The van der Waals surface area contributed by atoms with Crippen LogP contribution in [0.25, 0.3) is 0 Å². The molecule has 5 nitrogen and oxygen atoms in total. The molecule has 20 heavy (non-hydrogen) atoms. The van der Waals surface area contributed by atoms with E-state index in [1.807, 2.05) is 13.8 Å². The van der Waals surface area contributed by atoms with Gasteiger partial charge in [0.25, 0.3) is 5.91 Å². The highest BCUT2D eigenvalue weighted by Crippen LogP contribution is 2.14. The number of rotatable bonds is 6. The summed E-state index contributed by atoms with van der Waals surface area (Å²) < 4.78 is 17.8. The lowest BCUT2D eigenvalue weighted by atomic mass is 10.1. The number of nitrogens with two attached hydrogens (primary N) is 1. The molecule has 0 aliphatic rings. The van der Waals surface area contributed by atoms with Crippen LogP contribution in [-0.4, -0.2) is 25.0 Å². The number of nitrogens with one attached hydrogen (secondary N) is 1. The van der Waals surface area contributed by atoms with Crippen molar-refractivity contribution in [3.8, 4) is 0 Å². The molecule has 0 atom stereocenters. The molecule has 6 heteroatoms. The first-order chi connectivity index (χ1) is 9.40. The van der Waals surface area contributed by atoms with Gasteiger partial charge in [0.05, 0.1) is 5.56 Å². The van der Waals surface area contributed by atoms with Crippen LogP contribution in [0.2, 0.25) is 0 Å². The maximum Gasteiger partial charge on any atom is 0.340 e. The number of carbonyl (C=O) groups excluding carboxylic acids is 2. The molecule has 0 fully saturated rings. The maximum absolute atomic E-state index is 13.0. The lowest BCUT2D eigenvalue weighted by Gasteiger charge is -2.09. The van der Waals surface area contributed by atoms with Gasteiger partial charge in [-0.3, -0.25) is 4.79 Å². The smallest absolute Gasteiger partial charge is 0.340 e. The number of halogens is 1. The number of nitrogen functional groups attached to an aromatic ring is 1. The fraction of sp³-hybridized carbons (Fsp3) is 0.429. The molecule has 0 aliphatic carbocycles. The highest BCUT2D eigenvalue weighted by atomic mass is 19.1. The maximum atomic E-state index is 13.0. The predicted molar refractivity (Wildman–Crippen MR) is 73.6 cm³/mol. The number of esters is 1. The Labute approximate surface area is 117 Å². The summed E-state index contributed by atoms with van der Waals surface area (Å²) in [5.74, 6) is -1.33. The third-order valence-electron chi connectivity index (χ3n) is 2.61. The van der Waals surface area contributed by atoms with Gasteiger partial charge in [0.2, 0.25) is 0 Å². The van der Waals surface area contributed by atoms with Gasteiger partial charge in [0.15, 0.2) is 6.61 Å². The van der Waals surface area contributed by atoms with Crippen LogP contribution >= 0.6 is 0 Å². The van der Waals surface area contributed by atoms with E-state index >= 15 is 0 Å². The Morgan fingerprint density at radius 1 is 1.40 bits per heavy atom. The average molecular weight is 282 g/mol. The van der Waals surface area contributed by atoms with E-state index in [2.05, 4.69) is 5.32 Å². The zero-order valence-electron chi connectivity index (χ0n) is 11.6. The summed E-state index contributed by atoms with van der Waals surface area (Å²) in [7, 11) is 0. The normalized spacial score (nSPS) is 10.4. The van der Waals surface area contributed by atoms with Crippen LogP contribution in [0.15, 0.2) is 18.2 Å². The van der Waals surface area contributed by atoms with Crippen molar-refractivity contribution in [2.45, 2.75) is 20.3 Å². The summed E-state index contributed by atoms with van der Waals surface area (Å²) in [6.45, 7) is 4.20. The molecule has 0 saturated carbocycles. The van der Waals surface area contributed by atoms with E-state index in [-0.39, 0.29) is 11.3 Å². The minimum absolute atomic E-state index is 0.0834. The zero-order chi connectivity index (χ0) is 15.1. The number of anilines is 1. The van der Waals surface area contributed by atoms with E-state index in [4.69, 9.17) is 10.5 Å². The summed E-state index contributed by atoms with van der Waals surface area (Å²) in [4.78, 5) is 23.1. The SMILES string of the molecule is CC(C)CCNC(=O)COC(=O)c1cc(F)ccc1N. The van der Waals surface area contributed by atoms with Gasteiger partial charge in [-0.25, -0.2) is 9.18 Å². The van der Waals surface area contributed by atoms with Gasteiger partial charge in [-0.1, -0.05) is 13.8 Å². The predicted octanol–water partition coefficient (Wildman–Crippen LogP) is 1.73. The molecule has 0 radical (unpaired) electrons. The number of hydrogen-bond acceptors (Lipinski definition) is 4. The van der Waals surface area contributed by atoms with Gasteiger partial charge in [-0.2, -0.15) is 0 Å². The fourth-order valence-electron chi connectivity index (χ4n) is 1.47. The first kappa shape index (κ1) is 15.9. The van der Waals surface area contributed by atoms with Crippen molar-refractivity contribution in [3.63, 3.8) is 0 Å². The molecule has 0 unspecified atom stereocenters. The molecule has 0 aliphatic heterocycles. The Hall–Kier alpha value is -2.11. The minimum Gasteiger partial charge on any atom is -0.452 e. The van der Waals surface area contributed by atoms with Crippen LogP contribution in [0.3, 0.4) is 0 Å². The second-order valence-corrected chi connectivity index (χ2v) is 4.84. The second-order valence-electron chi connectivity index (χ2n) is 4.84. The Morgan fingerprint density at radius 2 is 2.10 bits per heavy atom. The van der Waals surface area contributed by atoms with Crippen LogP contribution in [0, 0.1) is 11.7 Å². The highest BCUT2D eigenvalue weighted by molar-refractivity contribution is 5.96. The van der Waals surface area contributed by atoms with Gasteiger partial charge in [0.1, 0.15) is 5.82 Å². The van der Waals surface area contributed by atoms with Crippen molar-refractivity contribution < 1.29 is 18.7 Å². The van der Waals surface area contributed by atoms with E-state index in [1.54, 1.807) is 0 Å². The van der Waals surface area contributed by atoms with Crippen molar-refractivity contribution in [3.05, 3.63) is 29.6 Å². The lowest BCUT2D eigenvalue weighted by molar-refractivity contribution is -0.124. The average Bonchev–Trinajstić information content (AvgIpc) is 2.38. The molecule has 1 aromatic carbocycles. The summed E-state index contributed by atoms with van der Waals surface area (Å²) in [6.07, 6.45) is 0.844. The van der Waals surface area contributed by atoms with Gasteiger partial charge < -0.3 is 15.8 Å². The minimum atomic E-state index is -0.819.